The van der Waals surface area contributed by atoms with E-state index in [2.05, 4.69) is 4.98 Å². The Bertz CT molecular complexity index is 694. The molecule has 0 aliphatic heterocycles. The van der Waals surface area contributed by atoms with Gasteiger partial charge in [0.1, 0.15) is 11.5 Å². The summed E-state index contributed by atoms with van der Waals surface area (Å²) in [5.41, 5.74) is -0.0514. The van der Waals surface area contributed by atoms with Crippen LogP contribution >= 0.6 is 0 Å². The van der Waals surface area contributed by atoms with Gasteiger partial charge in [-0.15, -0.1) is 0 Å². The first-order valence-electron chi connectivity index (χ1n) is 7.47. The maximum absolute atomic E-state index is 12.2. The lowest BCUT2D eigenvalue weighted by Gasteiger charge is -2.39. The van der Waals surface area contributed by atoms with Gasteiger partial charge in [-0.05, 0) is 50.5 Å². The van der Waals surface area contributed by atoms with Crippen LogP contribution in [0.25, 0.3) is 10.9 Å². The minimum absolute atomic E-state index is 0.283. The Morgan fingerprint density at radius 1 is 1.32 bits per heavy atom. The average Bonchev–Trinajstić information content (AvgIpc) is 2.50. The quantitative estimate of drug-likeness (QED) is 0.794. The van der Waals surface area contributed by atoms with Gasteiger partial charge in [0, 0.05) is 11.6 Å². The van der Waals surface area contributed by atoms with Crippen molar-refractivity contribution in [2.24, 2.45) is 0 Å². The van der Waals surface area contributed by atoms with E-state index in [4.69, 9.17) is 14.2 Å². The second-order valence-corrected chi connectivity index (χ2v) is 5.36. The van der Waals surface area contributed by atoms with Crippen LogP contribution in [0.5, 0.6) is 11.5 Å². The molecule has 0 saturated heterocycles. The molecule has 0 unspecified atom stereocenters. The van der Waals surface area contributed by atoms with Crippen molar-refractivity contribution in [2.45, 2.75) is 31.8 Å². The molecule has 1 aliphatic rings. The van der Waals surface area contributed by atoms with Crippen molar-refractivity contribution in [3.05, 3.63) is 30.5 Å². The Morgan fingerprint density at radius 2 is 2.14 bits per heavy atom. The van der Waals surface area contributed by atoms with E-state index in [1.165, 1.54) is 0 Å². The van der Waals surface area contributed by atoms with Gasteiger partial charge in [0.05, 0.1) is 19.2 Å². The number of hydrogen-bond acceptors (Lipinski definition) is 5. The predicted molar refractivity (Wildman–Crippen MR) is 82.1 cm³/mol. The van der Waals surface area contributed by atoms with Crippen molar-refractivity contribution in [1.29, 1.82) is 0 Å². The molecule has 0 spiro atoms. The van der Waals surface area contributed by atoms with Crippen LogP contribution in [0.2, 0.25) is 0 Å². The number of hydrogen-bond donors (Lipinski definition) is 0. The summed E-state index contributed by atoms with van der Waals surface area (Å²) < 4.78 is 16.5. The lowest BCUT2D eigenvalue weighted by atomic mass is 9.80. The first-order valence-corrected chi connectivity index (χ1v) is 7.47. The molecule has 116 valence electrons. The van der Waals surface area contributed by atoms with Crippen LogP contribution in [-0.4, -0.2) is 30.3 Å². The summed E-state index contributed by atoms with van der Waals surface area (Å²) in [6.07, 6.45) is 4.01. The Hall–Kier alpha value is -2.30. The summed E-state index contributed by atoms with van der Waals surface area (Å²) in [4.78, 5) is 16.5. The number of aromatic nitrogens is 1. The van der Waals surface area contributed by atoms with Gasteiger partial charge >= 0.3 is 5.97 Å². The number of ether oxygens (including phenoxy) is 3. The van der Waals surface area contributed by atoms with Crippen molar-refractivity contribution in [3.63, 3.8) is 0 Å². The Labute approximate surface area is 129 Å². The fourth-order valence-corrected chi connectivity index (χ4v) is 2.63. The van der Waals surface area contributed by atoms with E-state index in [0.29, 0.717) is 25.2 Å². The Kier molecular flexibility index (Phi) is 3.88. The van der Waals surface area contributed by atoms with E-state index in [1.54, 1.807) is 26.3 Å². The number of esters is 1. The second-order valence-electron chi connectivity index (χ2n) is 5.36. The molecule has 3 rings (SSSR count). The van der Waals surface area contributed by atoms with Crippen LogP contribution in [0, 0.1) is 0 Å². The molecular formula is C17H19NO4. The van der Waals surface area contributed by atoms with Crippen molar-refractivity contribution in [1.82, 2.24) is 4.98 Å². The van der Waals surface area contributed by atoms with Crippen molar-refractivity contribution >= 4 is 16.9 Å². The molecule has 1 aromatic carbocycles. The minimum Gasteiger partial charge on any atom is -0.497 e. The molecule has 1 saturated carbocycles. The van der Waals surface area contributed by atoms with Gasteiger partial charge in [-0.3, -0.25) is 4.98 Å². The van der Waals surface area contributed by atoms with Gasteiger partial charge in [-0.2, -0.15) is 0 Å². The monoisotopic (exact) mass is 301 g/mol. The molecule has 1 aliphatic carbocycles. The lowest BCUT2D eigenvalue weighted by molar-refractivity contribution is -0.169. The summed E-state index contributed by atoms with van der Waals surface area (Å²) >= 11 is 0. The largest absolute Gasteiger partial charge is 0.497 e. The van der Waals surface area contributed by atoms with Gasteiger partial charge in [0.2, 0.25) is 5.60 Å². The topological polar surface area (TPSA) is 57.7 Å². The molecule has 0 atom stereocenters. The zero-order chi connectivity index (χ0) is 15.6. The third kappa shape index (κ3) is 2.47. The molecule has 1 aromatic heterocycles. The molecule has 0 radical (unpaired) electrons. The van der Waals surface area contributed by atoms with Gasteiger partial charge in [-0.25, -0.2) is 4.79 Å². The summed E-state index contributed by atoms with van der Waals surface area (Å²) in [7, 11) is 1.62. The van der Waals surface area contributed by atoms with Crippen LogP contribution in [0.15, 0.2) is 30.5 Å². The maximum Gasteiger partial charge on any atom is 0.350 e. The van der Waals surface area contributed by atoms with E-state index in [9.17, 15) is 4.79 Å². The highest BCUT2D eigenvalue weighted by atomic mass is 16.6. The number of pyridine rings is 1. The fourth-order valence-electron chi connectivity index (χ4n) is 2.63. The number of carbonyl (C=O) groups is 1. The van der Waals surface area contributed by atoms with E-state index < -0.39 is 5.60 Å². The minimum atomic E-state index is -0.854. The number of benzene rings is 1. The first kappa shape index (κ1) is 14.6. The molecule has 5 nitrogen and oxygen atoms in total. The fraction of sp³-hybridized carbons (Fsp3) is 0.412. The summed E-state index contributed by atoms with van der Waals surface area (Å²) in [6, 6.07) is 7.37. The number of methoxy groups -OCH3 is 1. The zero-order valence-corrected chi connectivity index (χ0v) is 12.8. The number of rotatable bonds is 5. The van der Waals surface area contributed by atoms with Crippen LogP contribution < -0.4 is 9.47 Å². The van der Waals surface area contributed by atoms with E-state index >= 15 is 0 Å². The SMILES string of the molecule is CCOC(=O)C1(Oc2ccnc3ccc(OC)cc23)CCC1. The Morgan fingerprint density at radius 3 is 2.77 bits per heavy atom. The summed E-state index contributed by atoms with van der Waals surface area (Å²) in [6.45, 7) is 2.16. The molecule has 0 N–H and O–H groups in total. The number of fused-ring (bicyclic) bond motifs is 1. The molecule has 5 heteroatoms. The zero-order valence-electron chi connectivity index (χ0n) is 12.8. The normalized spacial score (nSPS) is 15.9. The summed E-state index contributed by atoms with van der Waals surface area (Å²) in [5.74, 6) is 1.08. The van der Waals surface area contributed by atoms with Gasteiger partial charge in [-0.1, -0.05) is 0 Å². The predicted octanol–water partition coefficient (Wildman–Crippen LogP) is 3.11. The highest BCUT2D eigenvalue weighted by Gasteiger charge is 2.48. The van der Waals surface area contributed by atoms with Crippen LogP contribution in [-0.2, 0) is 9.53 Å². The lowest BCUT2D eigenvalue weighted by Crippen LogP contribution is -2.51. The molecule has 0 bridgehead atoms. The Balaban J connectivity index is 1.97. The highest BCUT2D eigenvalue weighted by molar-refractivity contribution is 5.87. The smallest absolute Gasteiger partial charge is 0.350 e. The third-order valence-corrected chi connectivity index (χ3v) is 4.02. The van der Waals surface area contributed by atoms with Gasteiger partial charge in [0.25, 0.3) is 0 Å². The molecule has 1 heterocycles. The third-order valence-electron chi connectivity index (χ3n) is 4.02. The van der Waals surface area contributed by atoms with Gasteiger partial charge in [0.15, 0.2) is 0 Å². The van der Waals surface area contributed by atoms with E-state index in [1.807, 2.05) is 18.2 Å². The molecule has 2 aromatic rings. The van der Waals surface area contributed by atoms with Crippen LogP contribution in [0.4, 0.5) is 0 Å². The van der Waals surface area contributed by atoms with Crippen molar-refractivity contribution < 1.29 is 19.0 Å². The van der Waals surface area contributed by atoms with E-state index in [-0.39, 0.29) is 5.97 Å². The summed E-state index contributed by atoms with van der Waals surface area (Å²) in [5, 5.41) is 0.831. The average molecular weight is 301 g/mol. The standard InChI is InChI=1S/C17H19NO4/c1-3-21-16(19)17(8-4-9-17)22-15-7-10-18-14-6-5-12(20-2)11-13(14)15/h5-7,10-11H,3-4,8-9H2,1-2H3. The second kappa shape index (κ2) is 5.83. The van der Waals surface area contributed by atoms with Crippen LogP contribution in [0.1, 0.15) is 26.2 Å². The van der Waals surface area contributed by atoms with Gasteiger partial charge < -0.3 is 14.2 Å². The number of nitrogens with zero attached hydrogens (tertiary/aromatic N) is 1. The first-order chi connectivity index (χ1) is 10.7. The van der Waals surface area contributed by atoms with Crippen molar-refractivity contribution in [3.8, 4) is 11.5 Å². The molecule has 1 fully saturated rings. The van der Waals surface area contributed by atoms with Crippen molar-refractivity contribution in [2.75, 3.05) is 13.7 Å². The molecule has 0 amide bonds. The molecular weight excluding hydrogens is 282 g/mol. The highest BCUT2D eigenvalue weighted by Crippen LogP contribution is 2.40. The van der Waals surface area contributed by atoms with E-state index in [0.717, 1.165) is 23.1 Å². The van der Waals surface area contributed by atoms with Crippen LogP contribution in [0.3, 0.4) is 0 Å². The molecule has 22 heavy (non-hydrogen) atoms. The number of carbonyl (C=O) groups excluding carboxylic acids is 1. The maximum atomic E-state index is 12.2.